The molecule has 1 rings (SSSR count). The quantitative estimate of drug-likeness (QED) is 0.651. The molecule has 3 unspecified atom stereocenters. The number of hydrogen-bond acceptors (Lipinski definition) is 1. The highest BCUT2D eigenvalue weighted by atomic mass is 14.9. The normalized spacial score (nSPS) is 15.8. The molecule has 108 valence electrons. The summed E-state index contributed by atoms with van der Waals surface area (Å²) in [5, 5.41) is 3.59. The summed E-state index contributed by atoms with van der Waals surface area (Å²) in [4.78, 5) is 0. The van der Waals surface area contributed by atoms with Crippen molar-refractivity contribution in [3.63, 3.8) is 0 Å². The van der Waals surface area contributed by atoms with Crippen molar-refractivity contribution in [2.75, 3.05) is 11.9 Å². The van der Waals surface area contributed by atoms with Gasteiger partial charge in [-0.3, -0.25) is 0 Å². The van der Waals surface area contributed by atoms with Gasteiger partial charge in [-0.1, -0.05) is 52.3 Å². The van der Waals surface area contributed by atoms with Crippen LogP contribution in [0.3, 0.4) is 0 Å². The van der Waals surface area contributed by atoms with Gasteiger partial charge in [-0.2, -0.15) is 0 Å². The van der Waals surface area contributed by atoms with Crippen molar-refractivity contribution in [2.45, 2.75) is 53.9 Å². The predicted molar refractivity (Wildman–Crippen MR) is 86.7 cm³/mol. The number of benzene rings is 1. The second kappa shape index (κ2) is 8.24. The second-order valence-corrected chi connectivity index (χ2v) is 6.39. The summed E-state index contributed by atoms with van der Waals surface area (Å²) in [6.07, 6.45) is 3.99. The highest BCUT2D eigenvalue weighted by Crippen LogP contribution is 2.22. The lowest BCUT2D eigenvalue weighted by atomic mass is 9.88. The van der Waals surface area contributed by atoms with Crippen LogP contribution in [0.1, 0.15) is 52.5 Å². The first kappa shape index (κ1) is 16.1. The Bertz CT molecular complexity index is 358. The van der Waals surface area contributed by atoms with Gasteiger partial charge in [0.15, 0.2) is 0 Å². The van der Waals surface area contributed by atoms with E-state index in [1.165, 1.54) is 30.5 Å². The van der Waals surface area contributed by atoms with Gasteiger partial charge in [-0.05, 0) is 49.1 Å². The predicted octanol–water partition coefficient (Wildman–Crippen LogP) is 5.51. The largest absolute Gasteiger partial charge is 0.385 e. The van der Waals surface area contributed by atoms with Crippen LogP contribution in [0.2, 0.25) is 0 Å². The zero-order chi connectivity index (χ0) is 14.3. The fourth-order valence-electron chi connectivity index (χ4n) is 2.78. The average Bonchev–Trinajstić information content (AvgIpc) is 2.37. The van der Waals surface area contributed by atoms with E-state index >= 15 is 0 Å². The fourth-order valence-corrected chi connectivity index (χ4v) is 2.78. The Hall–Kier alpha value is -0.980. The summed E-state index contributed by atoms with van der Waals surface area (Å²) < 4.78 is 0. The summed E-state index contributed by atoms with van der Waals surface area (Å²) in [5.74, 6) is 2.44. The zero-order valence-electron chi connectivity index (χ0n) is 13.4. The third kappa shape index (κ3) is 6.13. The minimum atomic E-state index is 0.735. The maximum absolute atomic E-state index is 3.59. The van der Waals surface area contributed by atoms with Crippen LogP contribution in [-0.2, 0) is 0 Å². The molecular formula is C18H31N. The van der Waals surface area contributed by atoms with Crippen molar-refractivity contribution >= 4 is 5.69 Å². The molecule has 1 aromatic rings. The minimum Gasteiger partial charge on any atom is -0.385 e. The zero-order valence-corrected chi connectivity index (χ0v) is 13.4. The molecular weight excluding hydrogens is 230 g/mol. The first-order valence-electron chi connectivity index (χ1n) is 7.82. The van der Waals surface area contributed by atoms with Crippen molar-refractivity contribution in [2.24, 2.45) is 17.8 Å². The number of anilines is 1. The SMILES string of the molecule is CCC(C)CC(C)CC(C)CNc1ccccc1C. The van der Waals surface area contributed by atoms with Crippen LogP contribution in [-0.4, -0.2) is 6.54 Å². The third-order valence-corrected chi connectivity index (χ3v) is 4.09. The van der Waals surface area contributed by atoms with E-state index < -0.39 is 0 Å². The van der Waals surface area contributed by atoms with Crippen molar-refractivity contribution < 1.29 is 0 Å². The molecule has 0 saturated heterocycles. The molecule has 1 N–H and O–H groups in total. The molecule has 0 spiro atoms. The van der Waals surface area contributed by atoms with Crippen molar-refractivity contribution in [1.82, 2.24) is 0 Å². The average molecular weight is 261 g/mol. The van der Waals surface area contributed by atoms with Gasteiger partial charge in [-0.25, -0.2) is 0 Å². The van der Waals surface area contributed by atoms with Gasteiger partial charge in [0.05, 0.1) is 0 Å². The van der Waals surface area contributed by atoms with Gasteiger partial charge >= 0.3 is 0 Å². The van der Waals surface area contributed by atoms with Crippen LogP contribution >= 0.6 is 0 Å². The molecule has 0 amide bonds. The first-order valence-corrected chi connectivity index (χ1v) is 7.82. The summed E-state index contributed by atoms with van der Waals surface area (Å²) in [7, 11) is 0. The molecule has 0 aromatic heterocycles. The van der Waals surface area contributed by atoms with Gasteiger partial charge in [0.2, 0.25) is 0 Å². The maximum Gasteiger partial charge on any atom is 0.0369 e. The van der Waals surface area contributed by atoms with Gasteiger partial charge in [0.1, 0.15) is 0 Å². The Labute approximate surface area is 119 Å². The fraction of sp³-hybridized carbons (Fsp3) is 0.667. The highest BCUT2D eigenvalue weighted by molar-refractivity contribution is 5.50. The summed E-state index contributed by atoms with van der Waals surface area (Å²) in [6, 6.07) is 8.53. The van der Waals surface area contributed by atoms with Crippen LogP contribution in [0.5, 0.6) is 0 Å². The number of rotatable bonds is 8. The molecule has 0 heterocycles. The van der Waals surface area contributed by atoms with E-state index in [-0.39, 0.29) is 0 Å². The minimum absolute atomic E-state index is 0.735. The van der Waals surface area contributed by atoms with E-state index in [4.69, 9.17) is 0 Å². The highest BCUT2D eigenvalue weighted by Gasteiger charge is 2.11. The number of para-hydroxylation sites is 1. The standard InChI is InChI=1S/C18H31N/c1-6-14(2)11-15(3)12-16(4)13-19-18-10-8-7-9-17(18)5/h7-10,14-16,19H,6,11-13H2,1-5H3. The van der Waals surface area contributed by atoms with Crippen LogP contribution in [0, 0.1) is 24.7 Å². The molecule has 0 aliphatic carbocycles. The Morgan fingerprint density at radius 2 is 1.58 bits per heavy atom. The molecule has 0 saturated carbocycles. The van der Waals surface area contributed by atoms with Gasteiger partial charge in [0, 0.05) is 12.2 Å². The van der Waals surface area contributed by atoms with Crippen LogP contribution in [0.25, 0.3) is 0 Å². The van der Waals surface area contributed by atoms with E-state index in [1.807, 2.05) is 0 Å². The lowest BCUT2D eigenvalue weighted by Gasteiger charge is -2.21. The molecule has 0 radical (unpaired) electrons. The molecule has 19 heavy (non-hydrogen) atoms. The lowest BCUT2D eigenvalue weighted by Crippen LogP contribution is -2.15. The Kier molecular flexibility index (Phi) is 6.97. The Morgan fingerprint density at radius 1 is 0.947 bits per heavy atom. The van der Waals surface area contributed by atoms with Crippen molar-refractivity contribution in [1.29, 1.82) is 0 Å². The van der Waals surface area contributed by atoms with Crippen molar-refractivity contribution in [3.05, 3.63) is 29.8 Å². The monoisotopic (exact) mass is 261 g/mol. The van der Waals surface area contributed by atoms with Gasteiger partial charge < -0.3 is 5.32 Å². The number of nitrogens with one attached hydrogen (secondary N) is 1. The van der Waals surface area contributed by atoms with Crippen LogP contribution in [0.15, 0.2) is 24.3 Å². The Balaban J connectivity index is 2.31. The summed E-state index contributed by atoms with van der Waals surface area (Å²) in [6.45, 7) is 12.7. The lowest BCUT2D eigenvalue weighted by molar-refractivity contribution is 0.345. The molecule has 0 aliphatic rings. The summed E-state index contributed by atoms with van der Waals surface area (Å²) >= 11 is 0. The van der Waals surface area contributed by atoms with E-state index in [1.54, 1.807) is 0 Å². The number of aryl methyl sites for hydroxylation is 1. The number of hydrogen-bond donors (Lipinski definition) is 1. The molecule has 1 aromatic carbocycles. The molecule has 0 aliphatic heterocycles. The topological polar surface area (TPSA) is 12.0 Å². The summed E-state index contributed by atoms with van der Waals surface area (Å²) in [5.41, 5.74) is 2.62. The smallest absolute Gasteiger partial charge is 0.0369 e. The van der Waals surface area contributed by atoms with E-state index in [9.17, 15) is 0 Å². The molecule has 0 bridgehead atoms. The molecule has 1 heteroatoms. The molecule has 1 nitrogen and oxygen atoms in total. The maximum atomic E-state index is 3.59. The van der Waals surface area contributed by atoms with Crippen LogP contribution in [0.4, 0.5) is 5.69 Å². The van der Waals surface area contributed by atoms with E-state index in [2.05, 4.69) is 64.2 Å². The van der Waals surface area contributed by atoms with Gasteiger partial charge in [-0.15, -0.1) is 0 Å². The second-order valence-electron chi connectivity index (χ2n) is 6.39. The first-order chi connectivity index (χ1) is 9.02. The van der Waals surface area contributed by atoms with Gasteiger partial charge in [0.25, 0.3) is 0 Å². The molecule has 3 atom stereocenters. The molecule has 0 fully saturated rings. The van der Waals surface area contributed by atoms with E-state index in [0.717, 1.165) is 24.3 Å². The van der Waals surface area contributed by atoms with Crippen molar-refractivity contribution in [3.8, 4) is 0 Å². The van der Waals surface area contributed by atoms with E-state index in [0.29, 0.717) is 0 Å². The van der Waals surface area contributed by atoms with Crippen LogP contribution < -0.4 is 5.32 Å². The third-order valence-electron chi connectivity index (χ3n) is 4.09. The Morgan fingerprint density at radius 3 is 2.21 bits per heavy atom.